The Hall–Kier alpha value is -1.29. The number of primary amides is 1. The van der Waals surface area contributed by atoms with Crippen LogP contribution >= 0.6 is 11.6 Å². The quantitative estimate of drug-likeness (QED) is 0.833. The van der Waals surface area contributed by atoms with E-state index < -0.39 is 17.8 Å². The van der Waals surface area contributed by atoms with Gasteiger partial charge in [-0.3, -0.25) is 4.79 Å². The van der Waals surface area contributed by atoms with Crippen molar-refractivity contribution in [1.29, 1.82) is 0 Å². The van der Waals surface area contributed by atoms with Crippen molar-refractivity contribution in [3.05, 3.63) is 29.0 Å². The molecule has 82 valence electrons. The van der Waals surface area contributed by atoms with E-state index in [0.717, 1.165) is 0 Å². The van der Waals surface area contributed by atoms with Crippen LogP contribution in [0.3, 0.4) is 0 Å². The number of carbonyl (C=O) groups is 1. The highest BCUT2D eigenvalue weighted by Crippen LogP contribution is 2.19. The van der Waals surface area contributed by atoms with E-state index in [0.29, 0.717) is 11.4 Å². The number of benzene rings is 1. The average molecular weight is 231 g/mol. The van der Waals surface area contributed by atoms with Gasteiger partial charge in [-0.2, -0.15) is 0 Å². The number of hydrogen-bond acceptors (Lipinski definition) is 2. The van der Waals surface area contributed by atoms with Crippen LogP contribution in [-0.2, 0) is 4.79 Å². The van der Waals surface area contributed by atoms with Gasteiger partial charge in [0.2, 0.25) is 5.91 Å². The maximum Gasteiger partial charge on any atom is 0.239 e. The van der Waals surface area contributed by atoms with E-state index in [-0.39, 0.29) is 5.69 Å². The van der Waals surface area contributed by atoms with Crippen LogP contribution < -0.4 is 11.1 Å². The van der Waals surface area contributed by atoms with Crippen LogP contribution in [0.2, 0.25) is 5.02 Å². The molecule has 0 bridgehead atoms. The van der Waals surface area contributed by atoms with Gasteiger partial charge in [-0.15, -0.1) is 0 Å². The normalized spacial score (nSPS) is 12.2. The Bertz CT molecular complexity index is 370. The molecule has 0 aliphatic rings. The van der Waals surface area contributed by atoms with Crippen molar-refractivity contribution in [2.24, 2.45) is 5.73 Å². The van der Waals surface area contributed by atoms with Crippen molar-refractivity contribution in [2.75, 3.05) is 5.32 Å². The zero-order valence-electron chi connectivity index (χ0n) is 8.26. The van der Waals surface area contributed by atoms with Crippen molar-refractivity contribution in [3.63, 3.8) is 0 Å². The van der Waals surface area contributed by atoms with E-state index in [2.05, 4.69) is 5.32 Å². The highest BCUT2D eigenvalue weighted by atomic mass is 35.5. The second kappa shape index (κ2) is 4.98. The second-order valence-electron chi connectivity index (χ2n) is 3.13. The molecule has 0 radical (unpaired) electrons. The lowest BCUT2D eigenvalue weighted by Gasteiger charge is -2.15. The SMILES string of the molecule is CCC(Nc1ccc(Cl)cc1F)C(N)=O. The van der Waals surface area contributed by atoms with Gasteiger partial charge < -0.3 is 11.1 Å². The standard InChI is InChI=1S/C10H12ClFN2O/c1-2-8(10(13)15)14-9-4-3-6(11)5-7(9)12/h3-5,8,14H,2H2,1H3,(H2,13,15). The summed E-state index contributed by atoms with van der Waals surface area (Å²) < 4.78 is 13.3. The summed E-state index contributed by atoms with van der Waals surface area (Å²) in [6.45, 7) is 1.79. The number of anilines is 1. The Balaban J connectivity index is 2.84. The van der Waals surface area contributed by atoms with Gasteiger partial charge in [-0.05, 0) is 24.6 Å². The van der Waals surface area contributed by atoms with Crippen LogP contribution in [0.15, 0.2) is 18.2 Å². The number of rotatable bonds is 4. The van der Waals surface area contributed by atoms with Crippen molar-refractivity contribution >= 4 is 23.2 Å². The molecule has 0 saturated carbocycles. The highest BCUT2D eigenvalue weighted by Gasteiger charge is 2.14. The fourth-order valence-electron chi connectivity index (χ4n) is 1.17. The summed E-state index contributed by atoms with van der Waals surface area (Å²) in [7, 11) is 0. The summed E-state index contributed by atoms with van der Waals surface area (Å²) >= 11 is 5.59. The van der Waals surface area contributed by atoms with Gasteiger partial charge in [0, 0.05) is 5.02 Å². The van der Waals surface area contributed by atoms with Gasteiger partial charge in [0.25, 0.3) is 0 Å². The van der Waals surface area contributed by atoms with Crippen molar-refractivity contribution in [3.8, 4) is 0 Å². The molecule has 3 N–H and O–H groups in total. The number of nitrogens with one attached hydrogen (secondary N) is 1. The average Bonchev–Trinajstić information content (AvgIpc) is 2.16. The topological polar surface area (TPSA) is 55.1 Å². The van der Waals surface area contributed by atoms with Gasteiger partial charge in [0.1, 0.15) is 11.9 Å². The van der Waals surface area contributed by atoms with Gasteiger partial charge in [-0.25, -0.2) is 4.39 Å². The molecule has 0 aliphatic heterocycles. The summed E-state index contributed by atoms with van der Waals surface area (Å²) in [5.74, 6) is -1.01. The summed E-state index contributed by atoms with van der Waals surface area (Å²) in [4.78, 5) is 10.9. The Kier molecular flexibility index (Phi) is 3.91. The fraction of sp³-hybridized carbons (Fsp3) is 0.300. The molecule has 3 nitrogen and oxygen atoms in total. The number of hydrogen-bond donors (Lipinski definition) is 2. The van der Waals surface area contributed by atoms with Gasteiger partial charge >= 0.3 is 0 Å². The lowest BCUT2D eigenvalue weighted by atomic mass is 10.2. The zero-order valence-corrected chi connectivity index (χ0v) is 9.01. The van der Waals surface area contributed by atoms with E-state index in [9.17, 15) is 9.18 Å². The zero-order chi connectivity index (χ0) is 11.4. The smallest absolute Gasteiger partial charge is 0.239 e. The molecule has 1 atom stereocenters. The molecular weight excluding hydrogens is 219 g/mol. The fourth-order valence-corrected chi connectivity index (χ4v) is 1.33. The minimum atomic E-state index is -0.569. The van der Waals surface area contributed by atoms with Gasteiger partial charge in [0.15, 0.2) is 0 Å². The van der Waals surface area contributed by atoms with Crippen LogP contribution in [0.1, 0.15) is 13.3 Å². The Morgan fingerprint density at radius 2 is 2.33 bits per heavy atom. The molecule has 1 unspecified atom stereocenters. The lowest BCUT2D eigenvalue weighted by Crippen LogP contribution is -2.34. The number of amides is 1. The van der Waals surface area contributed by atoms with Crippen molar-refractivity contribution in [1.82, 2.24) is 0 Å². The van der Waals surface area contributed by atoms with Gasteiger partial charge in [0.05, 0.1) is 5.69 Å². The molecular formula is C10H12ClFN2O. The van der Waals surface area contributed by atoms with Crippen LogP contribution in [0.4, 0.5) is 10.1 Å². The molecule has 15 heavy (non-hydrogen) atoms. The van der Waals surface area contributed by atoms with Crippen molar-refractivity contribution < 1.29 is 9.18 Å². The number of nitrogens with two attached hydrogens (primary N) is 1. The first-order valence-corrected chi connectivity index (χ1v) is 4.93. The Morgan fingerprint density at radius 3 is 2.80 bits per heavy atom. The largest absolute Gasteiger partial charge is 0.371 e. The van der Waals surface area contributed by atoms with Crippen LogP contribution in [0.5, 0.6) is 0 Å². The molecule has 0 aliphatic carbocycles. The summed E-state index contributed by atoms with van der Waals surface area (Å²) in [5.41, 5.74) is 5.35. The van der Waals surface area contributed by atoms with E-state index in [4.69, 9.17) is 17.3 Å². The third-order valence-corrected chi connectivity index (χ3v) is 2.25. The third kappa shape index (κ3) is 3.09. The van der Waals surface area contributed by atoms with E-state index in [1.54, 1.807) is 13.0 Å². The lowest BCUT2D eigenvalue weighted by molar-refractivity contribution is -0.118. The molecule has 5 heteroatoms. The molecule has 1 amide bonds. The Labute approximate surface area is 92.4 Å². The summed E-state index contributed by atoms with van der Waals surface area (Å²) in [6.07, 6.45) is 0.497. The third-order valence-electron chi connectivity index (χ3n) is 2.01. The minimum absolute atomic E-state index is 0.227. The molecule has 0 heterocycles. The maximum absolute atomic E-state index is 13.3. The molecule has 0 fully saturated rings. The molecule has 0 aromatic heterocycles. The summed E-state index contributed by atoms with van der Waals surface area (Å²) in [6, 6.07) is 3.63. The number of halogens is 2. The first-order valence-electron chi connectivity index (χ1n) is 4.55. The molecule has 1 aromatic carbocycles. The van der Waals surface area contributed by atoms with E-state index in [1.165, 1.54) is 12.1 Å². The van der Waals surface area contributed by atoms with Crippen molar-refractivity contribution in [2.45, 2.75) is 19.4 Å². The van der Waals surface area contributed by atoms with E-state index in [1.807, 2.05) is 0 Å². The summed E-state index contributed by atoms with van der Waals surface area (Å²) in [5, 5.41) is 3.03. The van der Waals surface area contributed by atoms with Crippen LogP contribution in [0, 0.1) is 5.82 Å². The molecule has 0 spiro atoms. The maximum atomic E-state index is 13.3. The predicted molar refractivity (Wildman–Crippen MR) is 58.3 cm³/mol. The molecule has 1 aromatic rings. The Morgan fingerprint density at radius 1 is 1.67 bits per heavy atom. The first-order chi connectivity index (χ1) is 7.04. The molecule has 0 saturated heterocycles. The molecule has 1 rings (SSSR count). The van der Waals surface area contributed by atoms with Crippen LogP contribution in [-0.4, -0.2) is 11.9 Å². The minimum Gasteiger partial charge on any atom is -0.371 e. The first kappa shape index (κ1) is 11.8. The second-order valence-corrected chi connectivity index (χ2v) is 3.57. The highest BCUT2D eigenvalue weighted by molar-refractivity contribution is 6.30. The predicted octanol–water partition coefficient (Wildman–Crippen LogP) is 2.15. The van der Waals surface area contributed by atoms with E-state index >= 15 is 0 Å². The number of carbonyl (C=O) groups excluding carboxylic acids is 1. The van der Waals surface area contributed by atoms with Gasteiger partial charge in [-0.1, -0.05) is 18.5 Å². The monoisotopic (exact) mass is 230 g/mol. The van der Waals surface area contributed by atoms with Crippen LogP contribution in [0.25, 0.3) is 0 Å².